The highest BCUT2D eigenvalue weighted by molar-refractivity contribution is 7.10. The zero-order chi connectivity index (χ0) is 11.3. The van der Waals surface area contributed by atoms with Crippen LogP contribution in [0.1, 0.15) is 32.1 Å². The zero-order valence-electron chi connectivity index (χ0n) is 9.41. The molecule has 0 radical (unpaired) electrons. The van der Waals surface area contributed by atoms with Crippen LogP contribution in [0.25, 0.3) is 6.08 Å². The van der Waals surface area contributed by atoms with E-state index in [-0.39, 0.29) is 11.9 Å². The van der Waals surface area contributed by atoms with Gasteiger partial charge in [-0.05, 0) is 37.8 Å². The van der Waals surface area contributed by atoms with Crippen LogP contribution in [0, 0.1) is 0 Å². The summed E-state index contributed by atoms with van der Waals surface area (Å²) in [6, 6.07) is 4.23. The van der Waals surface area contributed by atoms with Gasteiger partial charge in [-0.3, -0.25) is 4.79 Å². The Morgan fingerprint density at radius 1 is 1.67 bits per heavy atom. The SMILES string of the molecule is CCC(C)NC(=O)/C(C)=C/c1cccs1. The average Bonchev–Trinajstić information content (AvgIpc) is 2.70. The van der Waals surface area contributed by atoms with E-state index in [1.54, 1.807) is 11.3 Å². The number of carbonyl (C=O) groups is 1. The number of hydrogen-bond acceptors (Lipinski definition) is 2. The van der Waals surface area contributed by atoms with Gasteiger partial charge in [-0.2, -0.15) is 0 Å². The minimum atomic E-state index is 0.0257. The second-order valence-corrected chi connectivity index (χ2v) is 4.60. The van der Waals surface area contributed by atoms with Gasteiger partial charge >= 0.3 is 0 Å². The van der Waals surface area contributed by atoms with Crippen molar-refractivity contribution in [1.82, 2.24) is 5.32 Å². The van der Waals surface area contributed by atoms with Crippen LogP contribution in [-0.4, -0.2) is 11.9 Å². The lowest BCUT2D eigenvalue weighted by Crippen LogP contribution is -2.32. The van der Waals surface area contributed by atoms with Crippen molar-refractivity contribution in [2.45, 2.75) is 33.2 Å². The molecule has 1 unspecified atom stereocenters. The summed E-state index contributed by atoms with van der Waals surface area (Å²) in [6.07, 6.45) is 2.88. The molecule has 0 saturated carbocycles. The Morgan fingerprint density at radius 2 is 2.40 bits per heavy atom. The van der Waals surface area contributed by atoms with Crippen LogP contribution in [-0.2, 0) is 4.79 Å². The summed E-state index contributed by atoms with van der Waals surface area (Å²) in [6.45, 7) is 5.91. The van der Waals surface area contributed by atoms with Crippen molar-refractivity contribution in [2.24, 2.45) is 0 Å². The van der Waals surface area contributed by atoms with E-state index in [1.807, 2.05) is 37.4 Å². The van der Waals surface area contributed by atoms with Gasteiger partial charge in [0.2, 0.25) is 5.91 Å². The minimum absolute atomic E-state index is 0.0257. The van der Waals surface area contributed by atoms with Gasteiger partial charge in [-0.25, -0.2) is 0 Å². The van der Waals surface area contributed by atoms with Crippen LogP contribution in [0.5, 0.6) is 0 Å². The minimum Gasteiger partial charge on any atom is -0.350 e. The number of amides is 1. The van der Waals surface area contributed by atoms with Crippen LogP contribution in [0.4, 0.5) is 0 Å². The number of rotatable bonds is 4. The lowest BCUT2D eigenvalue weighted by Gasteiger charge is -2.11. The monoisotopic (exact) mass is 223 g/mol. The van der Waals surface area contributed by atoms with Crippen molar-refractivity contribution in [1.29, 1.82) is 0 Å². The molecular formula is C12H17NOS. The van der Waals surface area contributed by atoms with E-state index in [1.165, 1.54) is 0 Å². The highest BCUT2D eigenvalue weighted by Crippen LogP contribution is 2.13. The second kappa shape index (κ2) is 5.71. The summed E-state index contributed by atoms with van der Waals surface area (Å²) in [5.74, 6) is 0.0257. The van der Waals surface area contributed by atoms with Crippen LogP contribution >= 0.6 is 11.3 Å². The molecule has 1 N–H and O–H groups in total. The highest BCUT2D eigenvalue weighted by Gasteiger charge is 2.07. The van der Waals surface area contributed by atoms with E-state index in [0.29, 0.717) is 0 Å². The van der Waals surface area contributed by atoms with Gasteiger partial charge in [0.1, 0.15) is 0 Å². The molecule has 3 heteroatoms. The molecule has 0 bridgehead atoms. The standard InChI is InChI=1S/C12H17NOS/c1-4-10(3)13-12(14)9(2)8-11-6-5-7-15-11/h5-8,10H,4H2,1-3H3,(H,13,14)/b9-8+. The zero-order valence-corrected chi connectivity index (χ0v) is 10.2. The maximum absolute atomic E-state index is 11.7. The summed E-state index contributed by atoms with van der Waals surface area (Å²) < 4.78 is 0. The van der Waals surface area contributed by atoms with Crippen LogP contribution < -0.4 is 5.32 Å². The molecule has 1 aromatic heterocycles. The van der Waals surface area contributed by atoms with E-state index in [0.717, 1.165) is 16.9 Å². The molecule has 1 aromatic rings. The van der Waals surface area contributed by atoms with Crippen LogP contribution in [0.15, 0.2) is 23.1 Å². The number of nitrogens with one attached hydrogen (secondary N) is 1. The van der Waals surface area contributed by atoms with Gasteiger partial charge < -0.3 is 5.32 Å². The molecule has 0 aliphatic carbocycles. The summed E-state index contributed by atoms with van der Waals surface area (Å²) in [7, 11) is 0. The van der Waals surface area contributed by atoms with E-state index in [9.17, 15) is 4.79 Å². The number of hydrogen-bond donors (Lipinski definition) is 1. The first-order valence-corrected chi connectivity index (χ1v) is 6.04. The van der Waals surface area contributed by atoms with E-state index >= 15 is 0 Å². The fraction of sp³-hybridized carbons (Fsp3) is 0.417. The lowest BCUT2D eigenvalue weighted by atomic mass is 10.2. The third-order valence-corrected chi connectivity index (χ3v) is 3.07. The summed E-state index contributed by atoms with van der Waals surface area (Å²) in [5.41, 5.74) is 0.762. The molecule has 1 atom stereocenters. The Morgan fingerprint density at radius 3 is 2.93 bits per heavy atom. The van der Waals surface area contributed by atoms with Gasteiger partial charge in [-0.1, -0.05) is 13.0 Å². The Labute approximate surface area is 95.0 Å². The topological polar surface area (TPSA) is 29.1 Å². The van der Waals surface area contributed by atoms with Gasteiger partial charge in [0.15, 0.2) is 0 Å². The van der Waals surface area contributed by atoms with E-state index in [4.69, 9.17) is 0 Å². The smallest absolute Gasteiger partial charge is 0.247 e. The van der Waals surface area contributed by atoms with Gasteiger partial charge in [0.25, 0.3) is 0 Å². The predicted octanol–water partition coefficient (Wildman–Crippen LogP) is 3.07. The fourth-order valence-electron chi connectivity index (χ4n) is 1.09. The molecule has 1 rings (SSSR count). The molecule has 0 spiro atoms. The molecule has 1 amide bonds. The molecule has 82 valence electrons. The van der Waals surface area contributed by atoms with E-state index < -0.39 is 0 Å². The first kappa shape index (κ1) is 12.0. The fourth-order valence-corrected chi connectivity index (χ4v) is 1.81. The predicted molar refractivity (Wildman–Crippen MR) is 65.9 cm³/mol. The Balaban J connectivity index is 2.60. The van der Waals surface area contributed by atoms with Crippen molar-refractivity contribution in [2.75, 3.05) is 0 Å². The number of carbonyl (C=O) groups excluding carboxylic acids is 1. The van der Waals surface area contributed by atoms with Crippen molar-refractivity contribution in [3.05, 3.63) is 28.0 Å². The molecule has 15 heavy (non-hydrogen) atoms. The third-order valence-electron chi connectivity index (χ3n) is 2.25. The molecular weight excluding hydrogens is 206 g/mol. The summed E-state index contributed by atoms with van der Waals surface area (Å²) in [5, 5.41) is 4.94. The molecule has 0 saturated heterocycles. The van der Waals surface area contributed by atoms with Gasteiger partial charge in [-0.15, -0.1) is 11.3 Å². The van der Waals surface area contributed by atoms with Crippen molar-refractivity contribution in [3.63, 3.8) is 0 Å². The average molecular weight is 223 g/mol. The van der Waals surface area contributed by atoms with Crippen molar-refractivity contribution < 1.29 is 4.79 Å². The quantitative estimate of drug-likeness (QED) is 0.781. The van der Waals surface area contributed by atoms with Crippen LogP contribution in [0.3, 0.4) is 0 Å². The summed E-state index contributed by atoms with van der Waals surface area (Å²) >= 11 is 1.64. The highest BCUT2D eigenvalue weighted by atomic mass is 32.1. The molecule has 1 heterocycles. The molecule has 0 aromatic carbocycles. The molecule has 2 nitrogen and oxygen atoms in total. The van der Waals surface area contributed by atoms with Crippen molar-refractivity contribution in [3.8, 4) is 0 Å². The molecule has 0 aliphatic rings. The van der Waals surface area contributed by atoms with Gasteiger partial charge in [0, 0.05) is 16.5 Å². The van der Waals surface area contributed by atoms with E-state index in [2.05, 4.69) is 12.2 Å². The first-order valence-electron chi connectivity index (χ1n) is 5.16. The summed E-state index contributed by atoms with van der Waals surface area (Å²) in [4.78, 5) is 12.8. The maximum atomic E-state index is 11.7. The second-order valence-electron chi connectivity index (χ2n) is 3.63. The number of thiophene rings is 1. The maximum Gasteiger partial charge on any atom is 0.247 e. The Bertz CT molecular complexity index is 341. The van der Waals surface area contributed by atoms with Crippen molar-refractivity contribution >= 4 is 23.3 Å². The van der Waals surface area contributed by atoms with Gasteiger partial charge in [0.05, 0.1) is 0 Å². The first-order chi connectivity index (χ1) is 7.13. The normalized spacial score (nSPS) is 13.7. The molecule has 0 fully saturated rings. The Kier molecular flexibility index (Phi) is 4.56. The third kappa shape index (κ3) is 3.88. The largest absolute Gasteiger partial charge is 0.350 e. The van der Waals surface area contributed by atoms with Crippen LogP contribution in [0.2, 0.25) is 0 Å². The Hall–Kier alpha value is -1.09. The molecule has 0 aliphatic heterocycles. The lowest BCUT2D eigenvalue weighted by molar-refractivity contribution is -0.117.